The summed E-state index contributed by atoms with van der Waals surface area (Å²) in [5.41, 5.74) is 0. The van der Waals surface area contributed by atoms with Crippen molar-refractivity contribution in [1.29, 1.82) is 0 Å². The number of rotatable bonds is 6. The Morgan fingerprint density at radius 1 is 0.526 bits per heavy atom. The first-order valence-electron chi connectivity index (χ1n) is 4.05. The van der Waals surface area contributed by atoms with Gasteiger partial charge in [0, 0.05) is 23.9 Å². The van der Waals surface area contributed by atoms with Gasteiger partial charge in [0.05, 0.1) is 0 Å². The maximum absolute atomic E-state index is 9.50. The van der Waals surface area contributed by atoms with Crippen molar-refractivity contribution in [2.24, 2.45) is 0 Å². The zero-order chi connectivity index (χ0) is 13.1. The summed E-state index contributed by atoms with van der Waals surface area (Å²) in [5.74, 6) is -5.47. The molecule has 0 aromatic carbocycles. The van der Waals surface area contributed by atoms with Crippen molar-refractivity contribution in [2.45, 2.75) is 25.7 Å². The van der Waals surface area contributed by atoms with E-state index in [1.54, 1.807) is 0 Å². The number of aliphatic carboxylic acids is 4. The van der Waals surface area contributed by atoms with Crippen LogP contribution in [0.4, 0.5) is 0 Å². The van der Waals surface area contributed by atoms with Crippen LogP contribution in [0, 0.1) is 0 Å². The second-order valence-electron chi connectivity index (χ2n) is 2.49. The van der Waals surface area contributed by atoms with Crippen molar-refractivity contribution in [3.63, 3.8) is 0 Å². The molecule has 0 amide bonds. The first kappa shape index (κ1) is 31.8. The van der Waals surface area contributed by atoms with Gasteiger partial charge >= 0.3 is 82.2 Å². The van der Waals surface area contributed by atoms with E-state index in [1.807, 2.05) is 0 Å². The maximum Gasteiger partial charge on any atom is 2.00 e. The first-order valence-corrected chi connectivity index (χ1v) is 4.05. The topological polar surface area (TPSA) is 161 Å². The average molecular weight is 302 g/mol. The largest absolute Gasteiger partial charge is 2.00 e. The van der Waals surface area contributed by atoms with Crippen LogP contribution in [0.15, 0.2) is 0 Å². The van der Waals surface area contributed by atoms with Gasteiger partial charge in [-0.3, -0.25) is 0 Å². The Bertz CT molecular complexity index is 228. The second-order valence-corrected chi connectivity index (χ2v) is 2.49. The molecule has 0 aliphatic rings. The molecule has 0 saturated carbocycles. The van der Waals surface area contributed by atoms with E-state index in [0.717, 1.165) is 0 Å². The SMILES string of the molecule is O=C([O-])CCC(=O)[O-].O=C([O-])CCC(=O)[O-].[Mg+2].[Na+].[Na+]. The monoisotopic (exact) mass is 302 g/mol. The second kappa shape index (κ2) is 21.0. The fraction of sp³-hybridized carbons (Fsp3) is 0.500. The van der Waals surface area contributed by atoms with Crippen LogP contribution in [0.5, 0.6) is 0 Å². The number of carboxylic acid groups (broad SMARTS) is 4. The summed E-state index contributed by atoms with van der Waals surface area (Å²) < 4.78 is 0. The average Bonchev–Trinajstić information content (AvgIpc) is 2.12. The molecule has 0 atom stereocenters. The first-order chi connectivity index (χ1) is 7.25. The Kier molecular flexibility index (Phi) is 35.1. The molecule has 0 aliphatic carbocycles. The van der Waals surface area contributed by atoms with Crippen molar-refractivity contribution in [1.82, 2.24) is 0 Å². The minimum absolute atomic E-state index is 0. The van der Waals surface area contributed by atoms with Crippen LogP contribution in [-0.4, -0.2) is 46.9 Å². The predicted octanol–water partition coefficient (Wildman–Crippen LogP) is -11.8. The summed E-state index contributed by atoms with van der Waals surface area (Å²) in [7, 11) is 0. The van der Waals surface area contributed by atoms with Crippen LogP contribution >= 0.6 is 0 Å². The van der Waals surface area contributed by atoms with Gasteiger partial charge in [-0.05, 0) is 25.7 Å². The van der Waals surface area contributed by atoms with E-state index >= 15 is 0 Å². The van der Waals surface area contributed by atoms with Gasteiger partial charge in [-0.2, -0.15) is 0 Å². The molecule has 0 saturated heterocycles. The van der Waals surface area contributed by atoms with Gasteiger partial charge in [0.1, 0.15) is 0 Å². The fourth-order valence-corrected chi connectivity index (χ4v) is 0.408. The Hall–Kier alpha value is 0.646. The van der Waals surface area contributed by atoms with Gasteiger partial charge in [0.25, 0.3) is 0 Å². The number of carbonyl (C=O) groups is 4. The fourth-order valence-electron chi connectivity index (χ4n) is 0.408. The molecule has 92 valence electrons. The third-order valence-electron chi connectivity index (χ3n) is 1.07. The smallest absolute Gasteiger partial charge is 0.550 e. The van der Waals surface area contributed by atoms with E-state index in [-0.39, 0.29) is 82.2 Å². The molecule has 0 fully saturated rings. The molecule has 0 aromatic heterocycles. The van der Waals surface area contributed by atoms with E-state index in [1.165, 1.54) is 0 Å². The summed E-state index contributed by atoms with van der Waals surface area (Å²) >= 11 is 0. The number of hydrogen-bond donors (Lipinski definition) is 0. The van der Waals surface area contributed by atoms with Gasteiger partial charge in [-0.25, -0.2) is 0 Å². The summed E-state index contributed by atoms with van der Waals surface area (Å²) in [5, 5.41) is 38.0. The molecule has 19 heavy (non-hydrogen) atoms. The van der Waals surface area contributed by atoms with E-state index < -0.39 is 49.6 Å². The molecule has 0 N–H and O–H groups in total. The maximum atomic E-state index is 9.50. The molecule has 0 unspecified atom stereocenters. The zero-order valence-electron chi connectivity index (χ0n) is 10.8. The molecule has 0 radical (unpaired) electrons. The van der Waals surface area contributed by atoms with E-state index in [4.69, 9.17) is 0 Å². The summed E-state index contributed by atoms with van der Waals surface area (Å²) in [4.78, 5) is 38.0. The number of carbonyl (C=O) groups excluding carboxylic acids is 4. The van der Waals surface area contributed by atoms with Gasteiger partial charge < -0.3 is 39.6 Å². The predicted molar refractivity (Wildman–Crippen MR) is 44.3 cm³/mol. The summed E-state index contributed by atoms with van der Waals surface area (Å²) in [6.07, 6.45) is -1.88. The summed E-state index contributed by atoms with van der Waals surface area (Å²) in [6, 6.07) is 0. The normalized spacial score (nSPS) is 7.16. The van der Waals surface area contributed by atoms with E-state index in [0.29, 0.717) is 0 Å². The van der Waals surface area contributed by atoms with Crippen molar-refractivity contribution in [3.8, 4) is 0 Å². The van der Waals surface area contributed by atoms with Crippen LogP contribution in [0.2, 0.25) is 0 Å². The van der Waals surface area contributed by atoms with Crippen LogP contribution in [0.3, 0.4) is 0 Å². The Morgan fingerprint density at radius 2 is 0.632 bits per heavy atom. The van der Waals surface area contributed by atoms with Crippen LogP contribution < -0.4 is 79.5 Å². The van der Waals surface area contributed by atoms with Crippen LogP contribution in [-0.2, 0) is 19.2 Å². The molecule has 0 heterocycles. The molecule has 0 aromatic rings. The number of carboxylic acids is 4. The Labute approximate surface area is 169 Å². The molecule has 8 nitrogen and oxygen atoms in total. The third-order valence-corrected chi connectivity index (χ3v) is 1.07. The van der Waals surface area contributed by atoms with E-state index in [9.17, 15) is 39.6 Å². The van der Waals surface area contributed by atoms with E-state index in [2.05, 4.69) is 0 Å². The van der Waals surface area contributed by atoms with Crippen LogP contribution in [0.25, 0.3) is 0 Å². The minimum atomic E-state index is -1.37. The molecule has 0 bridgehead atoms. The van der Waals surface area contributed by atoms with Crippen molar-refractivity contribution >= 4 is 46.9 Å². The number of hydrogen-bond acceptors (Lipinski definition) is 8. The molecule has 0 aliphatic heterocycles. The zero-order valence-corrected chi connectivity index (χ0v) is 16.2. The van der Waals surface area contributed by atoms with Crippen molar-refractivity contribution in [3.05, 3.63) is 0 Å². The molecule has 0 spiro atoms. The van der Waals surface area contributed by atoms with Gasteiger partial charge in [-0.1, -0.05) is 0 Å². The van der Waals surface area contributed by atoms with Gasteiger partial charge in [-0.15, -0.1) is 0 Å². The standard InChI is InChI=1S/2C4H6O4.Mg.2Na/c2*5-3(6)1-2-4(7)8;;;/h2*1-2H2,(H,5,6)(H,7,8);;;/q;;+2;2*+1/p-4. The van der Waals surface area contributed by atoms with Crippen molar-refractivity contribution in [2.75, 3.05) is 0 Å². The minimum Gasteiger partial charge on any atom is -0.550 e. The Morgan fingerprint density at radius 3 is 0.684 bits per heavy atom. The van der Waals surface area contributed by atoms with Gasteiger partial charge in [0.15, 0.2) is 0 Å². The quantitative estimate of drug-likeness (QED) is 0.437. The molecule has 0 rings (SSSR count). The third kappa shape index (κ3) is 45.6. The van der Waals surface area contributed by atoms with Crippen LogP contribution in [0.1, 0.15) is 25.7 Å². The molecule has 11 heteroatoms. The molecular formula is C8H8MgNa2O8. The molecular weight excluding hydrogens is 294 g/mol. The summed E-state index contributed by atoms with van der Waals surface area (Å²) in [6.45, 7) is 0. The Balaban J connectivity index is -0.0000000594. The van der Waals surface area contributed by atoms with Gasteiger partial charge in [0.2, 0.25) is 0 Å². The van der Waals surface area contributed by atoms with Crippen molar-refractivity contribution < 1.29 is 98.7 Å².